The number of aliphatic hydroxyl groups excluding tert-OH is 1. The molecule has 0 spiro atoms. The van der Waals surface area contributed by atoms with E-state index in [9.17, 15) is 14.7 Å². The first-order chi connectivity index (χ1) is 12.6. The van der Waals surface area contributed by atoms with Crippen LogP contribution in [0, 0.1) is 0 Å². The standard InChI is InChI=1S/C17H25BN2O5S/c21-17(8-15-9-19-5-6-26(15)23)20-10-14(11-20)24-13-2-1-12-3-4-18(22)25-16(12)7-13/h1-2,7,14-15,17,19,21-22H,3-6,8-11H2. The quantitative estimate of drug-likeness (QED) is 0.472. The van der Waals surface area contributed by atoms with Gasteiger partial charge in [0.15, 0.2) is 0 Å². The summed E-state index contributed by atoms with van der Waals surface area (Å²) in [5, 5.41) is 23.2. The third-order valence-corrected chi connectivity index (χ3v) is 6.97. The summed E-state index contributed by atoms with van der Waals surface area (Å²) in [6.45, 7) is 2.79. The van der Waals surface area contributed by atoms with E-state index in [-0.39, 0.29) is 11.4 Å². The maximum Gasteiger partial charge on any atom is 0.522 e. The van der Waals surface area contributed by atoms with E-state index in [0.29, 0.717) is 43.9 Å². The van der Waals surface area contributed by atoms with E-state index in [0.717, 1.165) is 24.3 Å². The number of likely N-dealkylation sites (tertiary alicyclic amines) is 1. The van der Waals surface area contributed by atoms with Crippen molar-refractivity contribution in [3.05, 3.63) is 23.8 Å². The van der Waals surface area contributed by atoms with Crippen LogP contribution >= 0.6 is 0 Å². The Kier molecular flexibility index (Phi) is 5.63. The Bertz CT molecular complexity index is 633. The molecular formula is C17H25BN2O5S. The summed E-state index contributed by atoms with van der Waals surface area (Å²) >= 11 is -0.852. The molecule has 1 aromatic carbocycles. The summed E-state index contributed by atoms with van der Waals surface area (Å²) < 4.78 is 23.4. The smallest absolute Gasteiger partial charge is 0.522 e. The van der Waals surface area contributed by atoms with Crippen LogP contribution in [0.3, 0.4) is 0 Å². The minimum Gasteiger partial charge on any atom is -0.616 e. The van der Waals surface area contributed by atoms with Crippen molar-refractivity contribution in [2.75, 3.05) is 31.9 Å². The van der Waals surface area contributed by atoms with Gasteiger partial charge in [-0.1, -0.05) is 6.07 Å². The molecule has 0 aliphatic carbocycles. The highest BCUT2D eigenvalue weighted by Gasteiger charge is 2.37. The van der Waals surface area contributed by atoms with Gasteiger partial charge in [0.2, 0.25) is 0 Å². The van der Waals surface area contributed by atoms with Crippen molar-refractivity contribution in [2.45, 2.75) is 36.7 Å². The van der Waals surface area contributed by atoms with Crippen molar-refractivity contribution < 1.29 is 24.1 Å². The van der Waals surface area contributed by atoms with Gasteiger partial charge in [0.25, 0.3) is 0 Å². The molecule has 3 heterocycles. The molecule has 3 aliphatic heterocycles. The summed E-state index contributed by atoms with van der Waals surface area (Å²) in [6, 6.07) is 5.73. The van der Waals surface area contributed by atoms with Gasteiger partial charge < -0.3 is 29.4 Å². The van der Waals surface area contributed by atoms with Crippen molar-refractivity contribution in [1.29, 1.82) is 0 Å². The molecule has 26 heavy (non-hydrogen) atoms. The first-order valence-electron chi connectivity index (χ1n) is 9.23. The molecule has 3 aliphatic rings. The highest BCUT2D eigenvalue weighted by Crippen LogP contribution is 2.31. The molecule has 0 radical (unpaired) electrons. The van der Waals surface area contributed by atoms with Gasteiger partial charge in [0.05, 0.1) is 0 Å². The number of aryl methyl sites for hydroxylation is 1. The maximum atomic E-state index is 12.0. The lowest BCUT2D eigenvalue weighted by Gasteiger charge is -2.42. The molecule has 0 amide bonds. The van der Waals surface area contributed by atoms with E-state index in [2.05, 4.69) is 5.32 Å². The fourth-order valence-corrected chi connectivity index (χ4v) is 5.03. The second kappa shape index (κ2) is 7.96. The summed E-state index contributed by atoms with van der Waals surface area (Å²) in [7, 11) is -0.744. The van der Waals surface area contributed by atoms with Gasteiger partial charge in [-0.25, -0.2) is 0 Å². The maximum absolute atomic E-state index is 12.0. The van der Waals surface area contributed by atoms with Crippen LogP contribution in [0.4, 0.5) is 0 Å². The van der Waals surface area contributed by atoms with Gasteiger partial charge in [0, 0.05) is 38.7 Å². The molecular weight excluding hydrogens is 355 g/mol. The predicted molar refractivity (Wildman–Crippen MR) is 99.8 cm³/mol. The number of benzene rings is 1. The van der Waals surface area contributed by atoms with Crippen molar-refractivity contribution in [2.24, 2.45) is 0 Å². The summed E-state index contributed by atoms with van der Waals surface area (Å²) in [5.74, 6) is 2.07. The lowest BCUT2D eigenvalue weighted by atomic mass is 9.79. The number of rotatable bonds is 5. The van der Waals surface area contributed by atoms with Crippen LogP contribution in [-0.2, 0) is 17.6 Å². The van der Waals surface area contributed by atoms with Crippen LogP contribution in [0.25, 0.3) is 0 Å². The third kappa shape index (κ3) is 4.13. The van der Waals surface area contributed by atoms with Crippen molar-refractivity contribution >= 4 is 18.3 Å². The lowest BCUT2D eigenvalue weighted by molar-refractivity contribution is -0.0929. The van der Waals surface area contributed by atoms with E-state index < -0.39 is 24.5 Å². The molecule has 7 nitrogen and oxygen atoms in total. The Morgan fingerprint density at radius 3 is 3.12 bits per heavy atom. The minimum atomic E-state index is -0.852. The Hall–Kier alpha value is -0.965. The number of nitrogens with zero attached hydrogens (tertiary/aromatic N) is 1. The van der Waals surface area contributed by atoms with Crippen LogP contribution < -0.4 is 14.7 Å². The highest BCUT2D eigenvalue weighted by molar-refractivity contribution is 7.92. The fraction of sp³-hybridized carbons (Fsp3) is 0.647. The molecule has 2 fully saturated rings. The predicted octanol–water partition coefficient (Wildman–Crippen LogP) is -0.406. The fourth-order valence-electron chi connectivity index (χ4n) is 3.66. The average Bonchev–Trinajstić information content (AvgIpc) is 2.59. The van der Waals surface area contributed by atoms with Crippen LogP contribution in [-0.4, -0.2) is 76.2 Å². The highest BCUT2D eigenvalue weighted by atomic mass is 32.2. The number of fused-ring (bicyclic) bond motifs is 1. The first-order valence-corrected chi connectivity index (χ1v) is 10.6. The first kappa shape index (κ1) is 18.4. The molecule has 3 atom stereocenters. The van der Waals surface area contributed by atoms with Crippen molar-refractivity contribution in [1.82, 2.24) is 10.2 Å². The van der Waals surface area contributed by atoms with Crippen molar-refractivity contribution in [3.8, 4) is 11.5 Å². The van der Waals surface area contributed by atoms with E-state index >= 15 is 0 Å². The van der Waals surface area contributed by atoms with Gasteiger partial charge in [0.1, 0.15) is 34.8 Å². The second-order valence-corrected chi connectivity index (χ2v) is 9.04. The Balaban J connectivity index is 1.25. The molecule has 0 saturated carbocycles. The van der Waals surface area contributed by atoms with Crippen LogP contribution in [0.15, 0.2) is 18.2 Å². The number of hydrogen-bond acceptors (Lipinski definition) is 7. The largest absolute Gasteiger partial charge is 0.616 e. The minimum absolute atomic E-state index is 0.0166. The van der Waals surface area contributed by atoms with E-state index in [4.69, 9.17) is 9.39 Å². The van der Waals surface area contributed by atoms with E-state index in [1.807, 2.05) is 23.1 Å². The van der Waals surface area contributed by atoms with Crippen LogP contribution in [0.2, 0.25) is 6.32 Å². The number of aliphatic hydroxyl groups is 1. The Morgan fingerprint density at radius 2 is 2.31 bits per heavy atom. The van der Waals surface area contributed by atoms with E-state index in [1.165, 1.54) is 0 Å². The zero-order valence-corrected chi connectivity index (χ0v) is 15.5. The molecule has 0 bridgehead atoms. The molecule has 1 aromatic rings. The Morgan fingerprint density at radius 1 is 1.46 bits per heavy atom. The monoisotopic (exact) mass is 380 g/mol. The van der Waals surface area contributed by atoms with Crippen LogP contribution in [0.1, 0.15) is 12.0 Å². The van der Waals surface area contributed by atoms with Gasteiger partial charge >= 0.3 is 7.12 Å². The van der Waals surface area contributed by atoms with Crippen LogP contribution in [0.5, 0.6) is 11.5 Å². The summed E-state index contributed by atoms with van der Waals surface area (Å²) in [4.78, 5) is 1.95. The second-order valence-electron chi connectivity index (χ2n) is 7.20. The zero-order chi connectivity index (χ0) is 18.1. The number of ether oxygens (including phenoxy) is 1. The molecule has 4 rings (SSSR count). The molecule has 3 N–H and O–H groups in total. The van der Waals surface area contributed by atoms with Gasteiger partial charge in [-0.2, -0.15) is 0 Å². The van der Waals surface area contributed by atoms with Crippen molar-refractivity contribution in [3.63, 3.8) is 0 Å². The van der Waals surface area contributed by atoms with Gasteiger partial charge in [-0.15, -0.1) is 0 Å². The Labute approximate surface area is 157 Å². The third-order valence-electron chi connectivity index (χ3n) is 5.26. The summed E-state index contributed by atoms with van der Waals surface area (Å²) in [6.07, 6.45) is 1.38. The molecule has 0 aromatic heterocycles. The number of nitrogens with one attached hydrogen (secondary N) is 1. The lowest BCUT2D eigenvalue weighted by Crippen LogP contribution is -2.59. The topological polar surface area (TPSA) is 97.2 Å². The zero-order valence-electron chi connectivity index (χ0n) is 14.7. The normalized spacial score (nSPS) is 28.0. The van der Waals surface area contributed by atoms with Gasteiger partial charge in [-0.3, -0.25) is 4.90 Å². The van der Waals surface area contributed by atoms with E-state index in [1.54, 1.807) is 0 Å². The molecule has 3 unspecified atom stereocenters. The molecule has 142 valence electrons. The van der Waals surface area contributed by atoms with Gasteiger partial charge in [-0.05, 0) is 35.5 Å². The number of hydrogen-bond donors (Lipinski definition) is 3. The SMILES string of the molecule is [O-][S+]1CCNCC1CC(O)N1CC(Oc2ccc3c(c2)OB(O)CC3)C1. The average molecular weight is 380 g/mol. The molecule has 2 saturated heterocycles. The molecule has 9 heteroatoms. The summed E-state index contributed by atoms with van der Waals surface area (Å²) in [5.41, 5.74) is 1.09.